The minimum atomic E-state index is -3.82. The Morgan fingerprint density at radius 1 is 1.15 bits per heavy atom. The number of rotatable bonds is 7. The molecule has 1 aliphatic heterocycles. The molecule has 0 bridgehead atoms. The molecule has 1 N–H and O–H groups in total. The first kappa shape index (κ1) is 19.2. The molecule has 1 fully saturated rings. The number of anilines is 2. The van der Waals surface area contributed by atoms with Gasteiger partial charge in [0.1, 0.15) is 5.75 Å². The highest BCUT2D eigenvalue weighted by Gasteiger charge is 2.26. The quantitative estimate of drug-likeness (QED) is 0.786. The zero-order chi connectivity index (χ0) is 19.4. The lowest BCUT2D eigenvalue weighted by atomic mass is 10.2. The highest BCUT2D eigenvalue weighted by molar-refractivity contribution is 7.92. The van der Waals surface area contributed by atoms with Gasteiger partial charge in [-0.2, -0.15) is 0 Å². The molecular weight excluding hydrogens is 368 g/mol. The van der Waals surface area contributed by atoms with Gasteiger partial charge < -0.3 is 14.4 Å². The van der Waals surface area contributed by atoms with Crippen molar-refractivity contribution in [2.24, 2.45) is 0 Å². The maximum atomic E-state index is 12.8. The lowest BCUT2D eigenvalue weighted by molar-refractivity contribution is -0.117. The Hall–Kier alpha value is -2.58. The van der Waals surface area contributed by atoms with Crippen molar-refractivity contribution in [2.75, 3.05) is 30.4 Å². The average molecular weight is 390 g/mol. The number of carbonyl (C=O) groups is 1. The number of hydrogen-bond acceptors (Lipinski definition) is 5. The second-order valence-corrected chi connectivity index (χ2v) is 7.90. The third-order valence-corrected chi connectivity index (χ3v) is 5.69. The summed E-state index contributed by atoms with van der Waals surface area (Å²) in [6.07, 6.45) is 1.19. The summed E-state index contributed by atoms with van der Waals surface area (Å²) < 4.78 is 38.6. The van der Waals surface area contributed by atoms with Crippen LogP contribution in [0.1, 0.15) is 18.4 Å². The maximum Gasteiger partial charge on any atom is 0.261 e. The Balaban J connectivity index is 1.92. The first-order chi connectivity index (χ1) is 12.9. The summed E-state index contributed by atoms with van der Waals surface area (Å²) in [5.41, 5.74) is 1.77. The summed E-state index contributed by atoms with van der Waals surface area (Å²) in [6, 6.07) is 11.5. The van der Waals surface area contributed by atoms with E-state index in [1.54, 1.807) is 36.3 Å². The summed E-state index contributed by atoms with van der Waals surface area (Å²) in [6.45, 7) is 0.935. The fraction of sp³-hybridized carbons (Fsp3) is 0.316. The van der Waals surface area contributed by atoms with E-state index in [0.717, 1.165) is 12.0 Å². The van der Waals surface area contributed by atoms with Gasteiger partial charge in [0, 0.05) is 25.8 Å². The van der Waals surface area contributed by atoms with E-state index in [1.807, 2.05) is 6.07 Å². The van der Waals surface area contributed by atoms with Gasteiger partial charge in [-0.25, -0.2) is 8.42 Å². The van der Waals surface area contributed by atoms with Gasteiger partial charge in [-0.1, -0.05) is 12.1 Å². The predicted octanol–water partition coefficient (Wildman–Crippen LogP) is 2.77. The van der Waals surface area contributed by atoms with Gasteiger partial charge in [0.25, 0.3) is 10.0 Å². The second-order valence-electron chi connectivity index (χ2n) is 6.22. The van der Waals surface area contributed by atoms with E-state index in [9.17, 15) is 13.2 Å². The molecule has 0 aliphatic carbocycles. The van der Waals surface area contributed by atoms with Crippen molar-refractivity contribution in [1.82, 2.24) is 0 Å². The highest BCUT2D eigenvalue weighted by atomic mass is 32.2. The normalized spacial score (nSPS) is 14.4. The summed E-state index contributed by atoms with van der Waals surface area (Å²) in [7, 11) is -0.752. The molecule has 1 amide bonds. The molecule has 0 atom stereocenters. The van der Waals surface area contributed by atoms with E-state index in [0.29, 0.717) is 36.7 Å². The van der Waals surface area contributed by atoms with Gasteiger partial charge in [0.15, 0.2) is 0 Å². The van der Waals surface area contributed by atoms with Crippen LogP contribution in [0.4, 0.5) is 11.4 Å². The average Bonchev–Trinajstić information content (AvgIpc) is 3.07. The van der Waals surface area contributed by atoms with Gasteiger partial charge in [0.05, 0.1) is 24.3 Å². The molecular formula is C19H22N2O5S. The van der Waals surface area contributed by atoms with Gasteiger partial charge in [-0.3, -0.25) is 9.52 Å². The Bertz CT molecular complexity index is 943. The van der Waals surface area contributed by atoms with E-state index in [1.165, 1.54) is 19.2 Å². The largest absolute Gasteiger partial charge is 0.495 e. The fourth-order valence-corrected chi connectivity index (χ4v) is 4.13. The molecule has 1 heterocycles. The molecule has 2 aromatic carbocycles. The highest BCUT2D eigenvalue weighted by Crippen LogP contribution is 2.34. The number of benzene rings is 2. The summed E-state index contributed by atoms with van der Waals surface area (Å²) in [4.78, 5) is 13.7. The Labute approximate surface area is 158 Å². The minimum Gasteiger partial charge on any atom is -0.495 e. The van der Waals surface area contributed by atoms with E-state index in [2.05, 4.69) is 4.72 Å². The van der Waals surface area contributed by atoms with Crippen LogP contribution in [0.2, 0.25) is 0 Å². The molecule has 1 saturated heterocycles. The van der Waals surface area contributed by atoms with Crippen molar-refractivity contribution in [1.29, 1.82) is 0 Å². The second kappa shape index (κ2) is 7.98. The monoisotopic (exact) mass is 390 g/mol. The number of nitrogens with zero attached hydrogens (tertiary/aromatic N) is 1. The molecule has 8 heteroatoms. The predicted molar refractivity (Wildman–Crippen MR) is 103 cm³/mol. The number of amides is 1. The van der Waals surface area contributed by atoms with Crippen molar-refractivity contribution in [3.05, 3.63) is 48.0 Å². The SMILES string of the molecule is COCc1cccc(NS(=O)(=O)c2ccc(OC)c(N3CCCC3=O)c2)c1. The lowest BCUT2D eigenvalue weighted by Crippen LogP contribution is -2.24. The van der Waals surface area contributed by atoms with Crippen LogP contribution >= 0.6 is 0 Å². The Morgan fingerprint density at radius 2 is 1.96 bits per heavy atom. The van der Waals surface area contributed by atoms with Crippen LogP contribution in [0.25, 0.3) is 0 Å². The third-order valence-electron chi connectivity index (χ3n) is 4.32. The number of ether oxygens (including phenoxy) is 2. The van der Waals surface area contributed by atoms with Crippen LogP contribution in [-0.2, 0) is 26.2 Å². The number of nitrogens with one attached hydrogen (secondary N) is 1. The van der Waals surface area contributed by atoms with Crippen LogP contribution in [-0.4, -0.2) is 35.1 Å². The van der Waals surface area contributed by atoms with Crippen LogP contribution in [0, 0.1) is 0 Å². The van der Waals surface area contributed by atoms with Crippen LogP contribution in [0.15, 0.2) is 47.4 Å². The maximum absolute atomic E-state index is 12.8. The van der Waals surface area contributed by atoms with Crippen LogP contribution in [0.3, 0.4) is 0 Å². The number of methoxy groups -OCH3 is 2. The first-order valence-corrected chi connectivity index (χ1v) is 10.0. The molecule has 0 aromatic heterocycles. The third kappa shape index (κ3) is 4.23. The van der Waals surface area contributed by atoms with Crippen molar-refractivity contribution in [3.8, 4) is 5.75 Å². The smallest absolute Gasteiger partial charge is 0.261 e. The summed E-state index contributed by atoms with van der Waals surface area (Å²) >= 11 is 0. The molecule has 3 rings (SSSR count). The topological polar surface area (TPSA) is 84.9 Å². The van der Waals surface area contributed by atoms with Gasteiger partial charge in [-0.05, 0) is 42.3 Å². The zero-order valence-corrected chi connectivity index (χ0v) is 16.1. The summed E-state index contributed by atoms with van der Waals surface area (Å²) in [5.74, 6) is 0.425. The summed E-state index contributed by atoms with van der Waals surface area (Å²) in [5, 5.41) is 0. The molecule has 27 heavy (non-hydrogen) atoms. The molecule has 1 aliphatic rings. The number of hydrogen-bond donors (Lipinski definition) is 1. The van der Waals surface area contributed by atoms with Crippen molar-refractivity contribution in [3.63, 3.8) is 0 Å². The Morgan fingerprint density at radius 3 is 2.63 bits per heavy atom. The molecule has 7 nitrogen and oxygen atoms in total. The zero-order valence-electron chi connectivity index (χ0n) is 15.3. The first-order valence-electron chi connectivity index (χ1n) is 8.53. The standard InChI is InChI=1S/C19H22N2O5S/c1-25-13-14-5-3-6-15(11-14)20-27(23,24)16-8-9-18(26-2)17(12-16)21-10-4-7-19(21)22/h3,5-6,8-9,11-12,20H,4,7,10,13H2,1-2H3. The lowest BCUT2D eigenvalue weighted by Gasteiger charge is -2.20. The molecule has 2 aromatic rings. The number of carbonyl (C=O) groups excluding carboxylic acids is 1. The number of sulfonamides is 1. The van der Waals surface area contributed by atoms with E-state index < -0.39 is 10.0 Å². The van der Waals surface area contributed by atoms with Crippen LogP contribution in [0.5, 0.6) is 5.75 Å². The van der Waals surface area contributed by atoms with Gasteiger partial charge in [-0.15, -0.1) is 0 Å². The van der Waals surface area contributed by atoms with E-state index in [4.69, 9.17) is 9.47 Å². The minimum absolute atomic E-state index is 0.0388. The van der Waals surface area contributed by atoms with Crippen molar-refractivity contribution in [2.45, 2.75) is 24.3 Å². The van der Waals surface area contributed by atoms with E-state index in [-0.39, 0.29) is 10.8 Å². The molecule has 0 unspecified atom stereocenters. The Kier molecular flexibility index (Phi) is 5.67. The molecule has 0 saturated carbocycles. The van der Waals surface area contributed by atoms with Crippen molar-refractivity contribution >= 4 is 27.3 Å². The van der Waals surface area contributed by atoms with Crippen molar-refractivity contribution < 1.29 is 22.7 Å². The van der Waals surface area contributed by atoms with Crippen LogP contribution < -0.4 is 14.4 Å². The van der Waals surface area contributed by atoms with Gasteiger partial charge in [0.2, 0.25) is 5.91 Å². The van der Waals surface area contributed by atoms with Gasteiger partial charge >= 0.3 is 0 Å². The molecule has 144 valence electrons. The molecule has 0 radical (unpaired) electrons. The molecule has 0 spiro atoms. The van der Waals surface area contributed by atoms with E-state index >= 15 is 0 Å². The fourth-order valence-electron chi connectivity index (χ4n) is 3.06.